The van der Waals surface area contributed by atoms with Crippen LogP contribution in [0.15, 0.2) is 11.3 Å². The van der Waals surface area contributed by atoms with Crippen LogP contribution in [-0.2, 0) is 14.0 Å². The fraction of sp³-hybridized carbons (Fsp3) is 0.800. The fourth-order valence-electron chi connectivity index (χ4n) is 1.46. The Kier molecular flexibility index (Phi) is 2.45. The topological polar surface area (TPSA) is 27.7 Å². The van der Waals surface area contributed by atoms with Crippen LogP contribution in [0.5, 0.6) is 0 Å². The van der Waals surface area contributed by atoms with E-state index >= 15 is 0 Å². The molecule has 0 spiro atoms. The summed E-state index contributed by atoms with van der Waals surface area (Å²) in [6.45, 7) is 8.33. The predicted octanol–water partition coefficient (Wildman–Crippen LogP) is 1.87. The minimum Gasteiger partial charge on any atom is -0.398 e. The summed E-state index contributed by atoms with van der Waals surface area (Å²) >= 11 is 0. The molecule has 5 heteroatoms. The Morgan fingerprint density at radius 2 is 1.60 bits per heavy atom. The van der Waals surface area contributed by atoms with Gasteiger partial charge in [0.05, 0.1) is 24.4 Å². The highest BCUT2D eigenvalue weighted by molar-refractivity contribution is 6.53. The van der Waals surface area contributed by atoms with Gasteiger partial charge in [-0.1, -0.05) is 0 Å². The Bertz CT molecular complexity index is 290. The van der Waals surface area contributed by atoms with Crippen molar-refractivity contribution < 1.29 is 18.4 Å². The second-order valence-corrected chi connectivity index (χ2v) is 5.03. The largest absolute Gasteiger partial charge is 0.525 e. The first-order valence-corrected chi connectivity index (χ1v) is 5.14. The van der Waals surface area contributed by atoms with E-state index in [1.54, 1.807) is 0 Å². The van der Waals surface area contributed by atoms with Crippen molar-refractivity contribution in [2.45, 2.75) is 38.9 Å². The number of halogens is 1. The van der Waals surface area contributed by atoms with E-state index in [-0.39, 0.29) is 5.73 Å². The molecule has 2 fully saturated rings. The lowest BCUT2D eigenvalue weighted by atomic mass is 9.84. The van der Waals surface area contributed by atoms with Gasteiger partial charge in [0, 0.05) is 5.57 Å². The maximum absolute atomic E-state index is 13.8. The minimum atomic E-state index is -0.867. The zero-order valence-electron chi connectivity index (χ0n) is 9.59. The monoisotopic (exact) mass is 214 g/mol. The van der Waals surface area contributed by atoms with Crippen molar-refractivity contribution in [1.29, 1.82) is 0 Å². The van der Waals surface area contributed by atoms with Crippen molar-refractivity contribution in [2.24, 2.45) is 0 Å². The SMILES string of the molecule is CC1(C)OB(C(F)=C2COC2)OC1(C)C. The summed E-state index contributed by atoms with van der Waals surface area (Å²) in [5.41, 5.74) is -0.645. The zero-order chi connectivity index (χ0) is 11.3. The zero-order valence-corrected chi connectivity index (χ0v) is 9.59. The lowest BCUT2D eigenvalue weighted by Crippen LogP contribution is -2.41. The molecular formula is C10H16BFO3. The van der Waals surface area contributed by atoms with Gasteiger partial charge in [-0.3, -0.25) is 0 Å². The summed E-state index contributed by atoms with van der Waals surface area (Å²) in [6.07, 6.45) is 0. The number of hydrogen-bond acceptors (Lipinski definition) is 3. The van der Waals surface area contributed by atoms with Crippen molar-refractivity contribution in [3.05, 3.63) is 11.3 Å². The molecule has 2 saturated heterocycles. The molecule has 0 radical (unpaired) electrons. The highest BCUT2D eigenvalue weighted by Crippen LogP contribution is 2.39. The average molecular weight is 214 g/mol. The third-order valence-electron chi connectivity index (χ3n) is 3.35. The Labute approximate surface area is 89.7 Å². The normalized spacial score (nSPS) is 27.8. The Morgan fingerprint density at radius 3 is 1.93 bits per heavy atom. The van der Waals surface area contributed by atoms with Crippen molar-refractivity contribution in [1.82, 2.24) is 0 Å². The van der Waals surface area contributed by atoms with E-state index in [1.165, 1.54) is 0 Å². The number of hydrogen-bond donors (Lipinski definition) is 0. The minimum absolute atomic E-state index is 0.320. The summed E-state index contributed by atoms with van der Waals surface area (Å²) in [4.78, 5) is 0. The molecule has 0 aliphatic carbocycles. The summed E-state index contributed by atoms with van der Waals surface area (Å²) in [5.74, 6) is 0. The summed E-state index contributed by atoms with van der Waals surface area (Å²) in [5, 5.41) is 0. The molecule has 0 aromatic carbocycles. The number of rotatable bonds is 1. The van der Waals surface area contributed by atoms with Gasteiger partial charge in [0.2, 0.25) is 0 Å². The van der Waals surface area contributed by atoms with Crippen LogP contribution in [-0.4, -0.2) is 31.5 Å². The first-order chi connectivity index (χ1) is 6.83. The first-order valence-electron chi connectivity index (χ1n) is 5.14. The van der Waals surface area contributed by atoms with Crippen LogP contribution >= 0.6 is 0 Å². The second-order valence-electron chi connectivity index (χ2n) is 5.03. The molecule has 0 bridgehead atoms. The molecule has 84 valence electrons. The van der Waals surface area contributed by atoms with Crippen LogP contribution in [0, 0.1) is 0 Å². The third kappa shape index (κ3) is 1.73. The van der Waals surface area contributed by atoms with E-state index < -0.39 is 18.3 Å². The van der Waals surface area contributed by atoms with Crippen molar-refractivity contribution in [2.75, 3.05) is 13.2 Å². The molecule has 3 nitrogen and oxygen atoms in total. The maximum Gasteiger partial charge on any atom is 0.525 e. The smallest absolute Gasteiger partial charge is 0.398 e. The molecule has 2 aliphatic rings. The van der Waals surface area contributed by atoms with Gasteiger partial charge >= 0.3 is 7.12 Å². The van der Waals surface area contributed by atoms with E-state index in [0.29, 0.717) is 18.8 Å². The lowest BCUT2D eigenvalue weighted by molar-refractivity contribution is 0.00578. The van der Waals surface area contributed by atoms with Crippen LogP contribution < -0.4 is 0 Å². The maximum atomic E-state index is 13.8. The van der Waals surface area contributed by atoms with Crippen molar-refractivity contribution in [3.8, 4) is 0 Å². The average Bonchev–Trinajstić information content (AvgIpc) is 2.17. The van der Waals surface area contributed by atoms with Crippen LogP contribution in [0.4, 0.5) is 4.39 Å². The molecule has 0 aromatic rings. The van der Waals surface area contributed by atoms with E-state index in [0.717, 1.165) is 0 Å². The molecular weight excluding hydrogens is 198 g/mol. The van der Waals surface area contributed by atoms with Gasteiger partial charge in [-0.05, 0) is 27.7 Å². The Hall–Kier alpha value is -0.385. The van der Waals surface area contributed by atoms with Crippen LogP contribution in [0.2, 0.25) is 0 Å². The van der Waals surface area contributed by atoms with Crippen molar-refractivity contribution >= 4 is 7.12 Å². The van der Waals surface area contributed by atoms with E-state index in [1.807, 2.05) is 27.7 Å². The molecule has 0 saturated carbocycles. The molecule has 0 amide bonds. The highest BCUT2D eigenvalue weighted by atomic mass is 19.1. The van der Waals surface area contributed by atoms with Gasteiger partial charge < -0.3 is 14.0 Å². The molecule has 2 aliphatic heterocycles. The van der Waals surface area contributed by atoms with Gasteiger partial charge in [-0.15, -0.1) is 0 Å². The molecule has 2 rings (SSSR count). The predicted molar refractivity (Wildman–Crippen MR) is 55.0 cm³/mol. The second kappa shape index (κ2) is 3.30. The van der Waals surface area contributed by atoms with E-state index in [4.69, 9.17) is 14.0 Å². The third-order valence-corrected chi connectivity index (χ3v) is 3.35. The summed E-state index contributed by atoms with van der Waals surface area (Å²) < 4.78 is 29.8. The van der Waals surface area contributed by atoms with Gasteiger partial charge in [0.1, 0.15) is 5.73 Å². The molecule has 0 unspecified atom stereocenters. The van der Waals surface area contributed by atoms with Gasteiger partial charge in [-0.2, -0.15) is 0 Å². The Morgan fingerprint density at radius 1 is 1.13 bits per heavy atom. The summed E-state index contributed by atoms with van der Waals surface area (Å²) in [7, 11) is -0.867. The fourth-order valence-corrected chi connectivity index (χ4v) is 1.46. The van der Waals surface area contributed by atoms with Gasteiger partial charge in [0.25, 0.3) is 0 Å². The van der Waals surface area contributed by atoms with Crippen LogP contribution in [0.3, 0.4) is 0 Å². The standard InChI is InChI=1S/C10H16BFO3/c1-9(2)10(3,4)15-11(14-9)8(12)7-5-13-6-7/h5-6H2,1-4H3. The number of ether oxygens (including phenoxy) is 1. The van der Waals surface area contributed by atoms with Crippen molar-refractivity contribution in [3.63, 3.8) is 0 Å². The van der Waals surface area contributed by atoms with Crippen LogP contribution in [0.1, 0.15) is 27.7 Å². The van der Waals surface area contributed by atoms with Gasteiger partial charge in [0.15, 0.2) is 0 Å². The molecule has 0 N–H and O–H groups in total. The van der Waals surface area contributed by atoms with E-state index in [9.17, 15) is 4.39 Å². The lowest BCUT2D eigenvalue weighted by Gasteiger charge is -2.32. The van der Waals surface area contributed by atoms with E-state index in [2.05, 4.69) is 0 Å². The van der Waals surface area contributed by atoms with Gasteiger partial charge in [-0.25, -0.2) is 4.39 Å². The quantitative estimate of drug-likeness (QED) is 0.623. The Balaban J connectivity index is 2.16. The van der Waals surface area contributed by atoms with Crippen LogP contribution in [0.25, 0.3) is 0 Å². The first kappa shape index (κ1) is 11.1. The molecule has 15 heavy (non-hydrogen) atoms. The molecule has 0 atom stereocenters. The molecule has 0 aromatic heterocycles. The molecule has 2 heterocycles. The summed E-state index contributed by atoms with van der Waals surface area (Å²) in [6, 6.07) is 0. The highest BCUT2D eigenvalue weighted by Gasteiger charge is 2.53.